The average Bonchev–Trinajstić information content (AvgIpc) is 2.55. The van der Waals surface area contributed by atoms with Crippen LogP contribution in [0, 0.1) is 5.82 Å². The molecular weight excluding hydrogens is 381 g/mol. The summed E-state index contributed by atoms with van der Waals surface area (Å²) in [6.45, 7) is 0.0351. The quantitative estimate of drug-likeness (QED) is 0.773. The molecule has 0 radical (unpaired) electrons. The first-order chi connectivity index (χ1) is 11.5. The first-order valence-electron chi connectivity index (χ1n) is 7.09. The number of alkyl carbamates (subject to hydrolysis) is 1. The molecule has 126 valence electrons. The molecule has 0 unspecified atom stereocenters. The standard InChI is InChI=1S/C17H15BrFNO4/c18-12-6-7-14(19)13(8-12)15(9-16(21)22)20-17(23)24-10-11-4-2-1-3-5-11/h1-8,15H,9-10H2,(H,20,23)(H,21,22)/t15-/m0/s1. The van der Waals surface area contributed by atoms with Crippen LogP contribution in [0.3, 0.4) is 0 Å². The maximum atomic E-state index is 14.0. The number of carbonyl (C=O) groups excluding carboxylic acids is 1. The Labute approximate surface area is 146 Å². The number of ether oxygens (including phenoxy) is 1. The van der Waals surface area contributed by atoms with Crippen molar-refractivity contribution in [2.24, 2.45) is 0 Å². The third-order valence-electron chi connectivity index (χ3n) is 3.22. The number of carboxylic acid groups (broad SMARTS) is 1. The summed E-state index contributed by atoms with van der Waals surface area (Å²) >= 11 is 3.20. The number of nitrogens with one attached hydrogen (secondary N) is 1. The zero-order valence-electron chi connectivity index (χ0n) is 12.5. The number of hydrogen-bond acceptors (Lipinski definition) is 3. The molecule has 0 bridgehead atoms. The van der Waals surface area contributed by atoms with Crippen LogP contribution in [0.4, 0.5) is 9.18 Å². The number of amides is 1. The van der Waals surface area contributed by atoms with E-state index < -0.39 is 30.3 Å². The van der Waals surface area contributed by atoms with Crippen LogP contribution in [0.2, 0.25) is 0 Å². The summed E-state index contributed by atoms with van der Waals surface area (Å²) in [6, 6.07) is 12.1. The Morgan fingerprint density at radius 1 is 1.21 bits per heavy atom. The van der Waals surface area contributed by atoms with Gasteiger partial charge in [-0.3, -0.25) is 4.79 Å². The van der Waals surface area contributed by atoms with Crippen molar-refractivity contribution in [2.45, 2.75) is 19.1 Å². The van der Waals surface area contributed by atoms with Gasteiger partial charge in [0, 0.05) is 10.0 Å². The molecule has 0 saturated heterocycles. The molecule has 2 aromatic rings. The van der Waals surface area contributed by atoms with Crippen LogP contribution in [0.15, 0.2) is 53.0 Å². The Morgan fingerprint density at radius 2 is 1.92 bits per heavy atom. The van der Waals surface area contributed by atoms with E-state index in [4.69, 9.17) is 9.84 Å². The highest BCUT2D eigenvalue weighted by molar-refractivity contribution is 9.10. The van der Waals surface area contributed by atoms with E-state index in [1.807, 2.05) is 6.07 Å². The van der Waals surface area contributed by atoms with E-state index in [0.717, 1.165) is 5.56 Å². The molecule has 0 aliphatic rings. The number of halogens is 2. The molecule has 0 heterocycles. The minimum absolute atomic E-state index is 0.0351. The molecule has 2 rings (SSSR count). The van der Waals surface area contributed by atoms with Crippen molar-refractivity contribution in [1.29, 1.82) is 0 Å². The van der Waals surface area contributed by atoms with E-state index in [1.54, 1.807) is 24.3 Å². The van der Waals surface area contributed by atoms with Gasteiger partial charge in [-0.1, -0.05) is 46.3 Å². The van der Waals surface area contributed by atoms with Crippen molar-refractivity contribution < 1.29 is 23.8 Å². The van der Waals surface area contributed by atoms with Gasteiger partial charge in [-0.15, -0.1) is 0 Å². The van der Waals surface area contributed by atoms with Gasteiger partial charge in [0.2, 0.25) is 0 Å². The molecule has 1 atom stereocenters. The van der Waals surface area contributed by atoms with Crippen LogP contribution < -0.4 is 5.32 Å². The number of aliphatic carboxylic acids is 1. The Bertz CT molecular complexity index is 724. The van der Waals surface area contributed by atoms with E-state index >= 15 is 0 Å². The van der Waals surface area contributed by atoms with E-state index in [0.29, 0.717) is 4.47 Å². The van der Waals surface area contributed by atoms with E-state index in [2.05, 4.69) is 21.2 Å². The third-order valence-corrected chi connectivity index (χ3v) is 3.71. The van der Waals surface area contributed by atoms with Gasteiger partial charge in [0.25, 0.3) is 0 Å². The number of carboxylic acids is 1. The monoisotopic (exact) mass is 395 g/mol. The predicted molar refractivity (Wildman–Crippen MR) is 88.9 cm³/mol. The van der Waals surface area contributed by atoms with Crippen molar-refractivity contribution in [1.82, 2.24) is 5.32 Å². The van der Waals surface area contributed by atoms with Crippen LogP contribution in [-0.4, -0.2) is 17.2 Å². The fourth-order valence-corrected chi connectivity index (χ4v) is 2.48. The topological polar surface area (TPSA) is 75.6 Å². The molecule has 5 nitrogen and oxygen atoms in total. The van der Waals surface area contributed by atoms with Crippen molar-refractivity contribution in [3.63, 3.8) is 0 Å². The molecule has 0 fully saturated rings. The van der Waals surface area contributed by atoms with Crippen molar-refractivity contribution in [3.05, 3.63) is 69.9 Å². The largest absolute Gasteiger partial charge is 0.481 e. The van der Waals surface area contributed by atoms with E-state index in [1.165, 1.54) is 18.2 Å². The van der Waals surface area contributed by atoms with Gasteiger partial charge in [-0.05, 0) is 23.8 Å². The van der Waals surface area contributed by atoms with E-state index in [9.17, 15) is 14.0 Å². The van der Waals surface area contributed by atoms with Gasteiger partial charge in [0.15, 0.2) is 0 Å². The highest BCUT2D eigenvalue weighted by Gasteiger charge is 2.22. The fraction of sp³-hybridized carbons (Fsp3) is 0.176. The summed E-state index contributed by atoms with van der Waals surface area (Å²) in [5, 5.41) is 11.4. The van der Waals surface area contributed by atoms with Gasteiger partial charge >= 0.3 is 12.1 Å². The second-order valence-electron chi connectivity index (χ2n) is 5.02. The van der Waals surface area contributed by atoms with Crippen molar-refractivity contribution in [2.75, 3.05) is 0 Å². The number of rotatable bonds is 6. The third kappa shape index (κ3) is 5.34. The zero-order chi connectivity index (χ0) is 17.5. The SMILES string of the molecule is O=C(O)C[C@H](NC(=O)OCc1ccccc1)c1cc(Br)ccc1F. The molecule has 0 aliphatic heterocycles. The van der Waals surface area contributed by atoms with Gasteiger partial charge in [0.05, 0.1) is 12.5 Å². The molecule has 7 heteroatoms. The highest BCUT2D eigenvalue weighted by atomic mass is 79.9. The lowest BCUT2D eigenvalue weighted by Crippen LogP contribution is -2.31. The van der Waals surface area contributed by atoms with Gasteiger partial charge in [-0.25, -0.2) is 9.18 Å². The second-order valence-corrected chi connectivity index (χ2v) is 5.94. The summed E-state index contributed by atoms with van der Waals surface area (Å²) in [5.74, 6) is -1.77. The normalized spacial score (nSPS) is 11.6. The number of carbonyl (C=O) groups is 2. The lowest BCUT2D eigenvalue weighted by Gasteiger charge is -2.18. The predicted octanol–water partition coefficient (Wildman–Crippen LogP) is 4.03. The van der Waals surface area contributed by atoms with Crippen LogP contribution in [-0.2, 0) is 16.1 Å². The summed E-state index contributed by atoms with van der Waals surface area (Å²) < 4.78 is 19.6. The lowest BCUT2D eigenvalue weighted by atomic mass is 10.0. The van der Waals surface area contributed by atoms with Crippen LogP contribution in [0.25, 0.3) is 0 Å². The fourth-order valence-electron chi connectivity index (χ4n) is 2.10. The smallest absolute Gasteiger partial charge is 0.407 e. The first kappa shape index (κ1) is 17.9. The van der Waals surface area contributed by atoms with Crippen LogP contribution >= 0.6 is 15.9 Å². The summed E-state index contributed by atoms with van der Waals surface area (Å²) in [5.41, 5.74) is 0.861. The zero-order valence-corrected chi connectivity index (χ0v) is 14.1. The van der Waals surface area contributed by atoms with Gasteiger partial charge in [0.1, 0.15) is 12.4 Å². The van der Waals surface area contributed by atoms with Gasteiger partial charge < -0.3 is 15.2 Å². The molecular formula is C17H15BrFNO4. The minimum Gasteiger partial charge on any atom is -0.481 e. The maximum Gasteiger partial charge on any atom is 0.407 e. The Morgan fingerprint density at radius 3 is 2.58 bits per heavy atom. The highest BCUT2D eigenvalue weighted by Crippen LogP contribution is 2.24. The molecule has 24 heavy (non-hydrogen) atoms. The van der Waals surface area contributed by atoms with E-state index in [-0.39, 0.29) is 12.2 Å². The molecule has 0 aliphatic carbocycles. The Kier molecular flexibility index (Phi) is 6.31. The van der Waals surface area contributed by atoms with Crippen LogP contribution in [0.1, 0.15) is 23.6 Å². The molecule has 1 amide bonds. The molecule has 2 N–H and O–H groups in total. The van der Waals surface area contributed by atoms with Crippen LogP contribution in [0.5, 0.6) is 0 Å². The van der Waals surface area contributed by atoms with Gasteiger partial charge in [-0.2, -0.15) is 0 Å². The molecule has 2 aromatic carbocycles. The summed E-state index contributed by atoms with van der Waals surface area (Å²) in [6.07, 6.45) is -1.28. The molecule has 0 spiro atoms. The number of hydrogen-bond donors (Lipinski definition) is 2. The van der Waals surface area contributed by atoms with Crippen molar-refractivity contribution >= 4 is 28.0 Å². The summed E-state index contributed by atoms with van der Waals surface area (Å²) in [7, 11) is 0. The maximum absolute atomic E-state index is 14.0. The summed E-state index contributed by atoms with van der Waals surface area (Å²) in [4.78, 5) is 22.9. The lowest BCUT2D eigenvalue weighted by molar-refractivity contribution is -0.137. The Balaban J connectivity index is 2.06. The average molecular weight is 396 g/mol. The first-order valence-corrected chi connectivity index (χ1v) is 7.89. The second kappa shape index (κ2) is 8.44. The Hall–Kier alpha value is -2.41. The number of benzene rings is 2. The van der Waals surface area contributed by atoms with Crippen molar-refractivity contribution in [3.8, 4) is 0 Å². The molecule has 0 aromatic heterocycles. The minimum atomic E-state index is -1.16. The molecule has 0 saturated carbocycles.